The van der Waals surface area contributed by atoms with Gasteiger partial charge in [-0.2, -0.15) is 27.8 Å². The fraction of sp³-hybridized carbons (Fsp3) is 0.235. The van der Waals surface area contributed by atoms with Gasteiger partial charge in [0.1, 0.15) is 11.5 Å². The third-order valence-corrected chi connectivity index (χ3v) is 5.40. The molecule has 0 spiro atoms. The first kappa shape index (κ1) is 21.8. The van der Waals surface area contributed by atoms with E-state index in [0.717, 1.165) is 35.2 Å². The minimum atomic E-state index is -4.50. The van der Waals surface area contributed by atoms with Crippen LogP contribution in [0.3, 0.4) is 0 Å². The Morgan fingerprint density at radius 3 is 2.60 bits per heavy atom. The quantitative estimate of drug-likeness (QED) is 0.590. The number of amides is 2. The number of thioether (sulfide) groups is 1. The largest absolute Gasteiger partial charge is 0.416 e. The molecule has 0 aliphatic carbocycles. The van der Waals surface area contributed by atoms with Gasteiger partial charge >= 0.3 is 6.18 Å². The predicted octanol–water partition coefficient (Wildman–Crippen LogP) is 2.79. The second kappa shape index (κ2) is 8.83. The molecular formula is C17H14F3N5O3S2. The summed E-state index contributed by atoms with van der Waals surface area (Å²) in [4.78, 5) is 39.7. The van der Waals surface area contributed by atoms with Gasteiger partial charge in [0.15, 0.2) is 0 Å². The Hall–Kier alpha value is -2.93. The van der Waals surface area contributed by atoms with E-state index >= 15 is 0 Å². The van der Waals surface area contributed by atoms with Crippen molar-refractivity contribution < 1.29 is 22.8 Å². The third kappa shape index (κ3) is 5.36. The molecule has 1 aromatic carbocycles. The first-order valence-corrected chi connectivity index (χ1v) is 10.4. The van der Waals surface area contributed by atoms with Crippen LogP contribution in [0.1, 0.15) is 11.3 Å². The number of rotatable bonds is 6. The Labute approximate surface area is 175 Å². The molecule has 0 saturated heterocycles. The number of carbonyl (C=O) groups excluding carboxylic acids is 2. The molecular weight excluding hydrogens is 443 g/mol. The maximum Gasteiger partial charge on any atom is 0.416 e. The van der Waals surface area contributed by atoms with Gasteiger partial charge in [0.05, 0.1) is 17.1 Å². The predicted molar refractivity (Wildman–Crippen MR) is 108 cm³/mol. The van der Waals surface area contributed by atoms with Crippen LogP contribution in [-0.2, 0) is 15.8 Å². The lowest BCUT2D eigenvalue weighted by atomic mass is 10.2. The molecule has 0 radical (unpaired) electrons. The van der Waals surface area contributed by atoms with Crippen molar-refractivity contribution in [1.29, 1.82) is 0 Å². The number of halogens is 3. The molecule has 13 heteroatoms. The Kier molecular flexibility index (Phi) is 6.41. The van der Waals surface area contributed by atoms with Crippen LogP contribution < -0.4 is 16.2 Å². The van der Waals surface area contributed by atoms with Crippen molar-refractivity contribution in [2.24, 2.45) is 0 Å². The van der Waals surface area contributed by atoms with Gasteiger partial charge in [0.2, 0.25) is 16.8 Å². The molecule has 0 saturated carbocycles. The van der Waals surface area contributed by atoms with Gasteiger partial charge in [-0.3, -0.25) is 14.4 Å². The van der Waals surface area contributed by atoms with Crippen LogP contribution in [0, 0.1) is 6.92 Å². The van der Waals surface area contributed by atoms with Crippen LogP contribution >= 0.6 is 23.1 Å². The average molecular weight is 457 g/mol. The van der Waals surface area contributed by atoms with Gasteiger partial charge in [0.25, 0.3) is 5.56 Å². The van der Waals surface area contributed by atoms with Crippen LogP contribution in [0.25, 0.3) is 4.96 Å². The molecule has 2 N–H and O–H groups in total. The molecule has 3 aromatic rings. The van der Waals surface area contributed by atoms with Crippen molar-refractivity contribution in [3.8, 4) is 0 Å². The zero-order valence-electron chi connectivity index (χ0n) is 15.3. The van der Waals surface area contributed by atoms with Gasteiger partial charge in [-0.25, -0.2) is 0 Å². The van der Waals surface area contributed by atoms with Gasteiger partial charge in [-0.05, 0) is 25.1 Å². The lowest BCUT2D eigenvalue weighted by Crippen LogP contribution is -2.20. The lowest BCUT2D eigenvalue weighted by molar-refractivity contribution is -0.137. The van der Waals surface area contributed by atoms with Gasteiger partial charge in [0, 0.05) is 11.1 Å². The number of thiazole rings is 1. The van der Waals surface area contributed by atoms with Crippen molar-refractivity contribution in [2.75, 3.05) is 22.1 Å². The Bertz CT molecular complexity index is 1160. The Balaban J connectivity index is 1.51. The van der Waals surface area contributed by atoms with Crippen molar-refractivity contribution in [1.82, 2.24) is 14.6 Å². The summed E-state index contributed by atoms with van der Waals surface area (Å²) < 4.78 is 39.5. The number of hydrogen-bond acceptors (Lipinski definition) is 7. The lowest BCUT2D eigenvalue weighted by Gasteiger charge is -2.10. The number of nitrogens with zero attached hydrogens (tertiary/aromatic N) is 3. The second-order valence-electron chi connectivity index (χ2n) is 5.99. The number of fused-ring (bicyclic) bond motifs is 1. The molecule has 0 aliphatic heterocycles. The number of anilines is 2. The summed E-state index contributed by atoms with van der Waals surface area (Å²) in [5.41, 5.74) is -1.11. The van der Waals surface area contributed by atoms with Crippen LogP contribution in [-0.4, -0.2) is 37.9 Å². The average Bonchev–Trinajstić information content (AvgIpc) is 3.03. The van der Waals surface area contributed by atoms with Crippen molar-refractivity contribution in [3.63, 3.8) is 0 Å². The highest BCUT2D eigenvalue weighted by Gasteiger charge is 2.30. The SMILES string of the molecule is Cc1nn2c(NC(=O)CSCC(=O)Nc3cccc(C(F)(F)F)c3)csc2nc1=O. The zero-order chi connectivity index (χ0) is 21.9. The maximum absolute atomic E-state index is 12.7. The van der Waals surface area contributed by atoms with E-state index in [9.17, 15) is 27.6 Å². The zero-order valence-corrected chi connectivity index (χ0v) is 17.0. The molecule has 2 heterocycles. The normalized spacial score (nSPS) is 11.5. The van der Waals surface area contributed by atoms with Crippen molar-refractivity contribution in [2.45, 2.75) is 13.1 Å². The minimum Gasteiger partial charge on any atom is -0.325 e. The van der Waals surface area contributed by atoms with E-state index in [1.54, 1.807) is 5.38 Å². The summed E-state index contributed by atoms with van der Waals surface area (Å²) in [5, 5.41) is 10.6. The molecule has 8 nitrogen and oxygen atoms in total. The monoisotopic (exact) mass is 457 g/mol. The first-order chi connectivity index (χ1) is 14.1. The van der Waals surface area contributed by atoms with Crippen LogP contribution in [0.5, 0.6) is 0 Å². The molecule has 0 atom stereocenters. The topological polar surface area (TPSA) is 105 Å². The highest BCUT2D eigenvalue weighted by molar-refractivity contribution is 8.00. The number of aryl methyl sites for hydroxylation is 1. The summed E-state index contributed by atoms with van der Waals surface area (Å²) in [6.45, 7) is 1.50. The van der Waals surface area contributed by atoms with Crippen molar-refractivity contribution >= 4 is 51.4 Å². The number of nitrogens with one attached hydrogen (secondary N) is 2. The highest BCUT2D eigenvalue weighted by atomic mass is 32.2. The number of carbonyl (C=O) groups is 2. The van der Waals surface area contributed by atoms with Gasteiger partial charge < -0.3 is 10.6 Å². The van der Waals surface area contributed by atoms with E-state index in [1.807, 2.05) is 0 Å². The van der Waals surface area contributed by atoms with Crippen LogP contribution in [0.4, 0.5) is 24.7 Å². The second-order valence-corrected chi connectivity index (χ2v) is 7.81. The van der Waals surface area contributed by atoms with Crippen molar-refractivity contribution in [3.05, 3.63) is 51.3 Å². The molecule has 0 bridgehead atoms. The molecule has 3 rings (SSSR count). The van der Waals surface area contributed by atoms with Crippen LogP contribution in [0.2, 0.25) is 0 Å². The summed E-state index contributed by atoms with van der Waals surface area (Å²) >= 11 is 2.13. The van der Waals surface area contributed by atoms with E-state index in [1.165, 1.54) is 23.6 Å². The Morgan fingerprint density at radius 1 is 1.20 bits per heavy atom. The molecule has 0 fully saturated rings. The van der Waals surface area contributed by atoms with Crippen LogP contribution in [0.15, 0.2) is 34.4 Å². The maximum atomic E-state index is 12.7. The smallest absolute Gasteiger partial charge is 0.325 e. The molecule has 30 heavy (non-hydrogen) atoms. The minimum absolute atomic E-state index is 0.0210. The Morgan fingerprint density at radius 2 is 1.90 bits per heavy atom. The van der Waals surface area contributed by atoms with Gasteiger partial charge in [-0.1, -0.05) is 6.07 Å². The molecule has 0 aliphatic rings. The van der Waals surface area contributed by atoms with E-state index in [2.05, 4.69) is 20.7 Å². The molecule has 0 unspecified atom stereocenters. The first-order valence-electron chi connectivity index (χ1n) is 8.33. The highest BCUT2D eigenvalue weighted by Crippen LogP contribution is 2.30. The number of aromatic nitrogens is 3. The fourth-order valence-electron chi connectivity index (χ4n) is 2.31. The molecule has 158 valence electrons. The van der Waals surface area contributed by atoms with E-state index in [0.29, 0.717) is 10.8 Å². The standard InChI is InChI=1S/C17H14F3N5O3S2/c1-9-15(28)23-16-25(24-9)12(6-30-16)22-14(27)8-29-7-13(26)21-11-4-2-3-10(5-11)17(18,19)20/h2-6H,7-8H2,1H3,(H,21,26)(H,22,27). The number of benzene rings is 1. The number of alkyl halides is 3. The van der Waals surface area contributed by atoms with E-state index < -0.39 is 29.1 Å². The fourth-order valence-corrected chi connectivity index (χ4v) is 3.68. The summed E-state index contributed by atoms with van der Waals surface area (Å²) in [7, 11) is 0. The van der Waals surface area contributed by atoms with Gasteiger partial charge in [-0.15, -0.1) is 23.1 Å². The van der Waals surface area contributed by atoms with E-state index in [4.69, 9.17) is 0 Å². The van der Waals surface area contributed by atoms with E-state index in [-0.39, 0.29) is 22.9 Å². The summed E-state index contributed by atoms with van der Waals surface area (Å²) in [6.07, 6.45) is -4.50. The summed E-state index contributed by atoms with van der Waals surface area (Å²) in [5.74, 6) is -0.805. The molecule has 2 amide bonds. The summed E-state index contributed by atoms with van der Waals surface area (Å²) in [6, 6.07) is 4.29. The molecule has 2 aromatic heterocycles. The third-order valence-electron chi connectivity index (χ3n) is 3.65. The number of hydrogen-bond donors (Lipinski definition) is 2.